The number of hydrogen-bond donors (Lipinski definition) is 6. The number of piperazine rings is 1. The maximum absolute atomic E-state index is 11.1. The maximum atomic E-state index is 11.1. The lowest BCUT2D eigenvalue weighted by Crippen LogP contribution is -2.47. The summed E-state index contributed by atoms with van der Waals surface area (Å²) in [7, 11) is -3.93. The number of nitrogen functional groups attached to an aromatic ring is 1. The van der Waals surface area contributed by atoms with E-state index in [0.717, 1.165) is 64.3 Å². The number of hydrogen-bond acceptors (Lipinski definition) is 10. The van der Waals surface area contributed by atoms with Crippen molar-refractivity contribution < 1.29 is 14.4 Å². The molecule has 2 saturated carbocycles. The van der Waals surface area contributed by atoms with Crippen LogP contribution in [0.3, 0.4) is 0 Å². The van der Waals surface area contributed by atoms with Crippen molar-refractivity contribution in [2.75, 3.05) is 81.0 Å². The third-order valence-corrected chi connectivity index (χ3v) is 9.64. The smallest absolute Gasteiger partial charge is 0.325 e. The lowest BCUT2D eigenvalue weighted by Gasteiger charge is -2.34. The van der Waals surface area contributed by atoms with Crippen LogP contribution in [0.5, 0.6) is 0 Å². The summed E-state index contributed by atoms with van der Waals surface area (Å²) < 4.78 is 11.1. The molecule has 0 atom stereocenters. The van der Waals surface area contributed by atoms with E-state index in [9.17, 15) is 4.57 Å². The first-order chi connectivity index (χ1) is 19.3. The van der Waals surface area contributed by atoms with Gasteiger partial charge in [-0.25, -0.2) is 0 Å². The monoisotopic (exact) mass is 581 g/mol. The van der Waals surface area contributed by atoms with Gasteiger partial charge in [0.1, 0.15) is 0 Å². The van der Waals surface area contributed by atoms with Crippen molar-refractivity contribution in [1.82, 2.24) is 30.5 Å². The molecule has 1 aliphatic heterocycles. The highest BCUT2D eigenvalue weighted by molar-refractivity contribution is 7.51. The Labute approximate surface area is 239 Å². The minimum Gasteiger partial charge on any atom is -0.368 e. The highest BCUT2D eigenvalue weighted by atomic mass is 31.2. The van der Waals surface area contributed by atoms with Crippen LogP contribution in [0.15, 0.2) is 0 Å². The molecule has 0 bridgehead atoms. The van der Waals surface area contributed by atoms with Gasteiger partial charge in [-0.3, -0.25) is 9.46 Å². The second kappa shape index (κ2) is 16.2. The first kappa shape index (κ1) is 31.4. The SMILES string of the molecule is Nc1nc(NC[C@H]2CC[C@H](CNCCCNC3CCCCC3)CC2)nc(N2CCN(CCCP(=O)(O)O)CC2)n1. The second-order valence-corrected chi connectivity index (χ2v) is 13.8. The van der Waals surface area contributed by atoms with Crippen LogP contribution in [0.4, 0.5) is 17.8 Å². The molecule has 13 heteroatoms. The zero-order valence-corrected chi connectivity index (χ0v) is 25.0. The molecule has 1 aromatic rings. The number of nitrogens with one attached hydrogen (secondary N) is 3. The molecule has 2 heterocycles. The van der Waals surface area contributed by atoms with E-state index < -0.39 is 7.60 Å². The van der Waals surface area contributed by atoms with Crippen molar-refractivity contribution in [3.63, 3.8) is 0 Å². The van der Waals surface area contributed by atoms with Crippen molar-refractivity contribution in [3.05, 3.63) is 0 Å². The molecule has 0 aromatic carbocycles. The highest BCUT2D eigenvalue weighted by Gasteiger charge is 2.23. The lowest BCUT2D eigenvalue weighted by molar-refractivity contribution is 0.255. The van der Waals surface area contributed by atoms with E-state index in [0.29, 0.717) is 30.8 Å². The predicted octanol–water partition coefficient (Wildman–Crippen LogP) is 2.26. The topological polar surface area (TPSA) is 165 Å². The van der Waals surface area contributed by atoms with E-state index in [2.05, 4.69) is 40.7 Å². The van der Waals surface area contributed by atoms with Gasteiger partial charge in [-0.05, 0) is 89.4 Å². The zero-order chi connectivity index (χ0) is 28.2. The largest absolute Gasteiger partial charge is 0.368 e. The van der Waals surface area contributed by atoms with E-state index in [1.54, 1.807) is 0 Å². The summed E-state index contributed by atoms with van der Waals surface area (Å²) in [4.78, 5) is 35.8. The third kappa shape index (κ3) is 11.4. The molecule has 1 saturated heterocycles. The van der Waals surface area contributed by atoms with Gasteiger partial charge >= 0.3 is 7.60 Å². The van der Waals surface area contributed by atoms with Crippen LogP contribution in [-0.2, 0) is 4.57 Å². The molecule has 3 fully saturated rings. The number of anilines is 3. The fraction of sp³-hybridized carbons (Fsp3) is 0.889. The van der Waals surface area contributed by atoms with Crippen LogP contribution in [0.1, 0.15) is 70.6 Å². The Kier molecular flexibility index (Phi) is 12.7. The summed E-state index contributed by atoms with van der Waals surface area (Å²) in [6.07, 6.45) is 13.5. The van der Waals surface area contributed by atoms with Gasteiger partial charge in [0.15, 0.2) is 0 Å². The normalized spacial score (nSPS) is 23.4. The molecular formula is C27H52N9O3P. The molecule has 2 aliphatic carbocycles. The molecule has 0 spiro atoms. The van der Waals surface area contributed by atoms with Crippen molar-refractivity contribution >= 4 is 25.4 Å². The average molecular weight is 582 g/mol. The van der Waals surface area contributed by atoms with Crippen LogP contribution in [0.2, 0.25) is 0 Å². The predicted molar refractivity (Wildman–Crippen MR) is 161 cm³/mol. The Bertz CT molecular complexity index is 915. The second-order valence-electron chi connectivity index (χ2n) is 12.0. The van der Waals surface area contributed by atoms with Crippen molar-refractivity contribution in [3.8, 4) is 0 Å². The molecule has 0 unspecified atom stereocenters. The van der Waals surface area contributed by atoms with Gasteiger partial charge in [0, 0.05) is 38.8 Å². The Morgan fingerprint density at radius 2 is 1.55 bits per heavy atom. The van der Waals surface area contributed by atoms with Gasteiger partial charge in [0.2, 0.25) is 17.8 Å². The summed E-state index contributed by atoms with van der Waals surface area (Å²) in [6.45, 7) is 7.99. The van der Waals surface area contributed by atoms with Gasteiger partial charge in [0.25, 0.3) is 0 Å². The maximum Gasteiger partial charge on any atom is 0.325 e. The molecule has 3 aliphatic rings. The van der Waals surface area contributed by atoms with Crippen LogP contribution in [0.25, 0.3) is 0 Å². The Morgan fingerprint density at radius 1 is 0.850 bits per heavy atom. The standard InChI is InChI=1S/C27H52N9O3P/c28-25-32-26(34-27(33-25)36-17-15-35(16-18-36)14-5-19-40(37,38)39)31-21-23-10-8-22(9-11-23)20-29-12-4-13-30-24-6-2-1-3-7-24/h22-24,29-30H,1-21H2,(H2,37,38,39)(H3,28,31,32,33,34)/t22-,23-. The summed E-state index contributed by atoms with van der Waals surface area (Å²) in [6, 6.07) is 0.760. The van der Waals surface area contributed by atoms with Crippen LogP contribution < -0.4 is 26.6 Å². The van der Waals surface area contributed by atoms with Crippen molar-refractivity contribution in [2.24, 2.45) is 11.8 Å². The summed E-state index contributed by atoms with van der Waals surface area (Å²) >= 11 is 0. The minimum absolute atomic E-state index is 0.0665. The van der Waals surface area contributed by atoms with Crippen molar-refractivity contribution in [1.29, 1.82) is 0 Å². The van der Waals surface area contributed by atoms with E-state index in [4.69, 9.17) is 15.5 Å². The number of nitrogens with two attached hydrogens (primary N) is 1. The molecular weight excluding hydrogens is 529 g/mol. The van der Waals surface area contributed by atoms with Gasteiger partial charge < -0.3 is 36.4 Å². The van der Waals surface area contributed by atoms with Crippen LogP contribution in [-0.4, -0.2) is 101 Å². The Balaban J connectivity index is 1.08. The van der Waals surface area contributed by atoms with Gasteiger partial charge in [-0.1, -0.05) is 19.3 Å². The highest BCUT2D eigenvalue weighted by Crippen LogP contribution is 2.35. The van der Waals surface area contributed by atoms with Gasteiger partial charge in [-0.2, -0.15) is 15.0 Å². The first-order valence-electron chi connectivity index (χ1n) is 15.6. The number of nitrogens with zero attached hydrogens (tertiary/aromatic N) is 5. The lowest BCUT2D eigenvalue weighted by atomic mass is 9.82. The van der Waals surface area contributed by atoms with Gasteiger partial charge in [-0.15, -0.1) is 0 Å². The van der Waals surface area contributed by atoms with E-state index in [1.807, 2.05) is 0 Å². The number of rotatable bonds is 15. The molecule has 7 N–H and O–H groups in total. The molecule has 0 radical (unpaired) electrons. The molecule has 12 nitrogen and oxygen atoms in total. The summed E-state index contributed by atoms with van der Waals surface area (Å²) in [5, 5.41) is 10.8. The van der Waals surface area contributed by atoms with Gasteiger partial charge in [0.05, 0.1) is 6.16 Å². The zero-order valence-electron chi connectivity index (χ0n) is 24.1. The van der Waals surface area contributed by atoms with E-state index >= 15 is 0 Å². The minimum atomic E-state index is -3.93. The van der Waals surface area contributed by atoms with Crippen LogP contribution in [0, 0.1) is 11.8 Å². The van der Waals surface area contributed by atoms with E-state index in [1.165, 1.54) is 64.2 Å². The average Bonchev–Trinajstić information content (AvgIpc) is 2.94. The summed E-state index contributed by atoms with van der Waals surface area (Å²) in [5.74, 6) is 2.75. The molecule has 228 valence electrons. The molecule has 0 amide bonds. The fourth-order valence-corrected chi connectivity index (χ4v) is 6.83. The van der Waals surface area contributed by atoms with Crippen molar-refractivity contribution in [2.45, 2.75) is 76.7 Å². The fourth-order valence-electron chi connectivity index (χ4n) is 6.28. The molecule has 4 rings (SSSR count). The van der Waals surface area contributed by atoms with E-state index in [-0.39, 0.29) is 12.1 Å². The van der Waals surface area contributed by atoms with Crippen LogP contribution >= 0.6 is 7.60 Å². The number of aromatic nitrogens is 3. The molecule has 1 aromatic heterocycles. The summed E-state index contributed by atoms with van der Waals surface area (Å²) in [5.41, 5.74) is 6.02. The quantitative estimate of drug-likeness (QED) is 0.132. The third-order valence-electron chi connectivity index (χ3n) is 8.74. The first-order valence-corrected chi connectivity index (χ1v) is 17.4. The Morgan fingerprint density at radius 3 is 2.25 bits per heavy atom. The molecule has 40 heavy (non-hydrogen) atoms. The Hall–Kier alpha value is -1.56.